The summed E-state index contributed by atoms with van der Waals surface area (Å²) in [6, 6.07) is 5.85. The Morgan fingerprint density at radius 3 is 2.67 bits per heavy atom. The Kier molecular flexibility index (Phi) is 5.91. The van der Waals surface area contributed by atoms with Gasteiger partial charge in [-0.25, -0.2) is 4.39 Å². The van der Waals surface area contributed by atoms with Crippen molar-refractivity contribution in [3.8, 4) is 0 Å². The lowest BCUT2D eigenvalue weighted by Gasteiger charge is -2.31. The van der Waals surface area contributed by atoms with Gasteiger partial charge in [-0.3, -0.25) is 19.3 Å². The summed E-state index contributed by atoms with van der Waals surface area (Å²) in [5.74, 6) is -2.33. The number of carbonyl (C=O) groups is 3. The van der Waals surface area contributed by atoms with Crippen molar-refractivity contribution in [3.63, 3.8) is 0 Å². The molecule has 1 N–H and O–H groups in total. The van der Waals surface area contributed by atoms with Gasteiger partial charge in [-0.1, -0.05) is 36.1 Å². The van der Waals surface area contributed by atoms with E-state index in [1.54, 1.807) is 23.1 Å². The lowest BCUT2D eigenvalue weighted by molar-refractivity contribution is -0.146. The molecule has 0 aromatic heterocycles. The van der Waals surface area contributed by atoms with E-state index in [0.717, 1.165) is 11.8 Å². The number of carboxylic acid groups (broad SMARTS) is 1. The SMILES string of the molecule is O=C(O)C1CCN(C(=O)CN2C(=O)C(=Cc3cccc(F)c3)SC2=S)CC1. The summed E-state index contributed by atoms with van der Waals surface area (Å²) in [7, 11) is 0. The van der Waals surface area contributed by atoms with Crippen molar-refractivity contribution < 1.29 is 23.9 Å². The molecule has 2 aliphatic heterocycles. The number of benzene rings is 1. The van der Waals surface area contributed by atoms with Gasteiger partial charge in [-0.15, -0.1) is 0 Å². The minimum Gasteiger partial charge on any atom is -0.481 e. The third-order valence-corrected chi connectivity index (χ3v) is 5.89. The van der Waals surface area contributed by atoms with Gasteiger partial charge in [0.1, 0.15) is 16.7 Å². The van der Waals surface area contributed by atoms with Gasteiger partial charge < -0.3 is 10.0 Å². The zero-order valence-corrected chi connectivity index (χ0v) is 15.9. The average molecular weight is 408 g/mol. The first-order valence-corrected chi connectivity index (χ1v) is 9.59. The minimum absolute atomic E-state index is 0.178. The molecule has 3 rings (SSSR count). The van der Waals surface area contributed by atoms with Crippen LogP contribution in [-0.2, 0) is 14.4 Å². The number of amides is 2. The second-order valence-corrected chi connectivity index (χ2v) is 7.99. The largest absolute Gasteiger partial charge is 0.481 e. The van der Waals surface area contributed by atoms with E-state index in [4.69, 9.17) is 17.3 Å². The van der Waals surface area contributed by atoms with Gasteiger partial charge in [0.15, 0.2) is 0 Å². The molecule has 2 fully saturated rings. The van der Waals surface area contributed by atoms with Crippen LogP contribution in [0.15, 0.2) is 29.2 Å². The monoisotopic (exact) mass is 408 g/mol. The molecule has 0 spiro atoms. The molecule has 2 heterocycles. The Balaban J connectivity index is 1.64. The highest BCUT2D eigenvalue weighted by Crippen LogP contribution is 2.32. The quantitative estimate of drug-likeness (QED) is 0.609. The Morgan fingerprint density at radius 2 is 2.04 bits per heavy atom. The molecule has 9 heteroatoms. The number of nitrogens with zero attached hydrogens (tertiary/aromatic N) is 2. The molecular weight excluding hydrogens is 391 g/mol. The number of carboxylic acids is 1. The number of halogens is 1. The van der Waals surface area contributed by atoms with E-state index in [-0.39, 0.29) is 22.7 Å². The van der Waals surface area contributed by atoms with Crippen LogP contribution in [0.4, 0.5) is 4.39 Å². The number of hydrogen-bond acceptors (Lipinski definition) is 5. The normalized spacial score (nSPS) is 19.8. The van der Waals surface area contributed by atoms with Crippen LogP contribution in [0.25, 0.3) is 6.08 Å². The Labute approximate surface area is 165 Å². The fourth-order valence-corrected chi connectivity index (χ4v) is 4.25. The van der Waals surface area contributed by atoms with E-state index >= 15 is 0 Å². The van der Waals surface area contributed by atoms with E-state index < -0.39 is 17.7 Å². The van der Waals surface area contributed by atoms with Crippen LogP contribution < -0.4 is 0 Å². The third kappa shape index (κ3) is 4.54. The van der Waals surface area contributed by atoms with E-state index in [1.807, 2.05) is 0 Å². The second-order valence-electron chi connectivity index (χ2n) is 6.32. The number of carbonyl (C=O) groups excluding carboxylic acids is 2. The van der Waals surface area contributed by atoms with Crippen LogP contribution in [0.5, 0.6) is 0 Å². The minimum atomic E-state index is -0.846. The first-order valence-electron chi connectivity index (χ1n) is 8.36. The van der Waals surface area contributed by atoms with Gasteiger partial charge in [0.2, 0.25) is 5.91 Å². The number of piperidine rings is 1. The van der Waals surface area contributed by atoms with Crippen molar-refractivity contribution in [3.05, 3.63) is 40.6 Å². The molecule has 2 amide bonds. The molecule has 2 saturated heterocycles. The molecule has 27 heavy (non-hydrogen) atoms. The van der Waals surface area contributed by atoms with Crippen LogP contribution in [0.1, 0.15) is 18.4 Å². The molecule has 0 aliphatic carbocycles. The van der Waals surface area contributed by atoms with Gasteiger partial charge in [0.05, 0.1) is 10.8 Å². The number of aliphatic carboxylic acids is 1. The molecule has 0 unspecified atom stereocenters. The van der Waals surface area contributed by atoms with Gasteiger partial charge in [-0.05, 0) is 36.6 Å². The molecule has 0 bridgehead atoms. The smallest absolute Gasteiger partial charge is 0.306 e. The highest BCUT2D eigenvalue weighted by molar-refractivity contribution is 8.26. The summed E-state index contributed by atoms with van der Waals surface area (Å²) in [5, 5.41) is 9.02. The van der Waals surface area contributed by atoms with Gasteiger partial charge in [0.25, 0.3) is 5.91 Å². The van der Waals surface area contributed by atoms with Crippen molar-refractivity contribution >= 4 is 52.2 Å². The predicted molar refractivity (Wildman–Crippen MR) is 103 cm³/mol. The molecule has 2 aliphatic rings. The number of thiocarbonyl (C=S) groups is 1. The van der Waals surface area contributed by atoms with Gasteiger partial charge in [-0.2, -0.15) is 0 Å². The van der Waals surface area contributed by atoms with Crippen molar-refractivity contribution in [1.82, 2.24) is 9.80 Å². The zero-order valence-electron chi connectivity index (χ0n) is 14.3. The van der Waals surface area contributed by atoms with Crippen LogP contribution in [0.2, 0.25) is 0 Å². The van der Waals surface area contributed by atoms with Crippen LogP contribution in [0, 0.1) is 11.7 Å². The number of rotatable bonds is 4. The summed E-state index contributed by atoms with van der Waals surface area (Å²) in [6.07, 6.45) is 2.35. The topological polar surface area (TPSA) is 77.9 Å². The number of likely N-dealkylation sites (tertiary alicyclic amines) is 1. The fourth-order valence-electron chi connectivity index (χ4n) is 3.00. The van der Waals surface area contributed by atoms with E-state index in [1.165, 1.54) is 17.0 Å². The van der Waals surface area contributed by atoms with Gasteiger partial charge in [0, 0.05) is 13.1 Å². The summed E-state index contributed by atoms with van der Waals surface area (Å²) in [4.78, 5) is 39.2. The summed E-state index contributed by atoms with van der Waals surface area (Å²) >= 11 is 6.29. The Bertz CT molecular complexity index is 834. The standard InChI is InChI=1S/C18H17FN2O4S2/c19-13-3-1-2-11(8-13)9-14-16(23)21(18(26)27-14)10-15(22)20-6-4-12(5-7-20)17(24)25/h1-3,8-9,12H,4-7,10H2,(H,24,25). The lowest BCUT2D eigenvalue weighted by atomic mass is 9.97. The predicted octanol–water partition coefficient (Wildman–Crippen LogP) is 2.35. The highest BCUT2D eigenvalue weighted by atomic mass is 32.2. The third-order valence-electron chi connectivity index (χ3n) is 4.51. The van der Waals surface area contributed by atoms with Crippen molar-refractivity contribution in [2.45, 2.75) is 12.8 Å². The molecular formula is C18H17FN2O4S2. The molecule has 0 radical (unpaired) electrons. The molecule has 0 atom stereocenters. The zero-order chi connectivity index (χ0) is 19.6. The molecule has 142 valence electrons. The van der Waals surface area contributed by atoms with Gasteiger partial charge >= 0.3 is 5.97 Å². The first kappa shape index (κ1) is 19.5. The summed E-state index contributed by atoms with van der Waals surface area (Å²) in [5.41, 5.74) is 0.539. The lowest BCUT2D eigenvalue weighted by Crippen LogP contribution is -2.46. The van der Waals surface area contributed by atoms with E-state index in [0.29, 0.717) is 36.4 Å². The molecule has 1 aromatic carbocycles. The van der Waals surface area contributed by atoms with Crippen molar-refractivity contribution in [2.75, 3.05) is 19.6 Å². The highest BCUT2D eigenvalue weighted by Gasteiger charge is 2.35. The summed E-state index contributed by atoms with van der Waals surface area (Å²) < 4.78 is 13.6. The van der Waals surface area contributed by atoms with Crippen molar-refractivity contribution in [1.29, 1.82) is 0 Å². The van der Waals surface area contributed by atoms with Crippen LogP contribution in [-0.4, -0.2) is 56.6 Å². The Morgan fingerprint density at radius 1 is 1.33 bits per heavy atom. The summed E-state index contributed by atoms with van der Waals surface area (Å²) in [6.45, 7) is 0.524. The first-order chi connectivity index (χ1) is 12.8. The maximum absolute atomic E-state index is 13.3. The molecule has 6 nitrogen and oxygen atoms in total. The van der Waals surface area contributed by atoms with E-state index in [2.05, 4.69) is 0 Å². The maximum Gasteiger partial charge on any atom is 0.306 e. The van der Waals surface area contributed by atoms with E-state index in [9.17, 15) is 18.8 Å². The number of thioether (sulfide) groups is 1. The van der Waals surface area contributed by atoms with Crippen LogP contribution >= 0.6 is 24.0 Å². The average Bonchev–Trinajstić information content (AvgIpc) is 2.89. The van der Waals surface area contributed by atoms with Crippen LogP contribution in [0.3, 0.4) is 0 Å². The Hall–Kier alpha value is -2.26. The maximum atomic E-state index is 13.3. The molecule has 0 saturated carbocycles. The molecule has 1 aromatic rings. The second kappa shape index (κ2) is 8.18. The number of hydrogen-bond donors (Lipinski definition) is 1. The fraction of sp³-hybridized carbons (Fsp3) is 0.333. The van der Waals surface area contributed by atoms with Crippen molar-refractivity contribution in [2.24, 2.45) is 5.92 Å².